The molecule has 0 unspecified atom stereocenters. The third kappa shape index (κ3) is 1.62. The zero-order chi connectivity index (χ0) is 11.0. The van der Waals surface area contributed by atoms with Crippen molar-refractivity contribution in [3.8, 4) is 11.4 Å². The number of pyridine rings is 1. The molecule has 0 saturated carbocycles. The maximum Gasteiger partial charge on any atom is 0.164 e. The van der Waals surface area contributed by atoms with Crippen molar-refractivity contribution in [2.45, 2.75) is 39.7 Å². The Morgan fingerprint density at radius 2 is 1.87 bits per heavy atom. The molecule has 0 spiro atoms. The van der Waals surface area contributed by atoms with E-state index in [2.05, 4.69) is 60.8 Å². The quantitative estimate of drug-likeness (QED) is 0.751. The highest BCUT2D eigenvalue weighted by Gasteiger charge is 2.18. The van der Waals surface area contributed by atoms with Gasteiger partial charge in [0.1, 0.15) is 0 Å². The molecule has 0 aromatic carbocycles. The van der Waals surface area contributed by atoms with Crippen LogP contribution >= 0.6 is 0 Å². The number of aromatic nitrogens is 3. The molecular formula is C12H17N3. The number of hydrogen-bond acceptors (Lipinski definition) is 2. The molecular weight excluding hydrogens is 186 g/mol. The molecule has 0 radical (unpaired) electrons. The van der Waals surface area contributed by atoms with Crippen LogP contribution in [0.3, 0.4) is 0 Å². The Hall–Kier alpha value is -1.38. The van der Waals surface area contributed by atoms with Gasteiger partial charge in [-0.3, -0.25) is 0 Å². The van der Waals surface area contributed by atoms with Gasteiger partial charge in [-0.15, -0.1) is 5.10 Å². The summed E-state index contributed by atoms with van der Waals surface area (Å²) in [6.07, 6.45) is 2.06. The monoisotopic (exact) mass is 203 g/mol. The maximum absolute atomic E-state index is 4.27. The smallest absolute Gasteiger partial charge is 0.164 e. The lowest BCUT2D eigenvalue weighted by Gasteiger charge is -2.14. The Bertz CT molecular complexity index is 429. The lowest BCUT2D eigenvalue weighted by molar-refractivity contribution is 0.594. The van der Waals surface area contributed by atoms with Gasteiger partial charge in [0.05, 0.1) is 5.69 Å². The van der Waals surface area contributed by atoms with Gasteiger partial charge < -0.3 is 4.57 Å². The molecule has 0 saturated heterocycles. The van der Waals surface area contributed by atoms with E-state index < -0.39 is 0 Å². The second-order valence-corrected chi connectivity index (χ2v) is 4.49. The highest BCUT2D eigenvalue weighted by molar-refractivity contribution is 5.60. The van der Waals surface area contributed by atoms with E-state index in [0.29, 0.717) is 12.0 Å². The third-order valence-electron chi connectivity index (χ3n) is 2.63. The Kier molecular flexibility index (Phi) is 2.47. The first-order valence-corrected chi connectivity index (χ1v) is 5.44. The van der Waals surface area contributed by atoms with E-state index in [9.17, 15) is 0 Å². The standard InChI is InChI=1S/C12H17N3/c1-8(2)11-10-6-5-7-15(9(3)4)12(10)14-13-11/h5-9H,1-4H3. The summed E-state index contributed by atoms with van der Waals surface area (Å²) in [5.74, 6) is 1.43. The zero-order valence-corrected chi connectivity index (χ0v) is 9.73. The molecule has 0 aromatic heterocycles. The maximum atomic E-state index is 4.27. The van der Waals surface area contributed by atoms with E-state index in [-0.39, 0.29) is 0 Å². The molecule has 0 bridgehead atoms. The molecule has 0 N–H and O–H groups in total. The van der Waals surface area contributed by atoms with Crippen molar-refractivity contribution in [1.29, 1.82) is 0 Å². The van der Waals surface area contributed by atoms with Crippen molar-refractivity contribution in [2.24, 2.45) is 0 Å². The summed E-state index contributed by atoms with van der Waals surface area (Å²) in [6, 6.07) is 4.59. The molecule has 3 nitrogen and oxygen atoms in total. The van der Waals surface area contributed by atoms with Crippen molar-refractivity contribution < 1.29 is 0 Å². The van der Waals surface area contributed by atoms with Crippen LogP contribution in [0.2, 0.25) is 0 Å². The van der Waals surface area contributed by atoms with Crippen molar-refractivity contribution >= 4 is 0 Å². The molecule has 0 fully saturated rings. The highest BCUT2D eigenvalue weighted by atomic mass is 15.2. The van der Waals surface area contributed by atoms with E-state index in [1.165, 1.54) is 5.56 Å². The predicted molar refractivity (Wildman–Crippen MR) is 61.1 cm³/mol. The number of rotatable bonds is 2. The average molecular weight is 203 g/mol. The van der Waals surface area contributed by atoms with E-state index in [0.717, 1.165) is 11.5 Å². The first-order chi connectivity index (χ1) is 7.11. The summed E-state index contributed by atoms with van der Waals surface area (Å²) in [7, 11) is 0. The van der Waals surface area contributed by atoms with Crippen LogP contribution in [-0.2, 0) is 0 Å². The molecule has 3 heteroatoms. The lowest BCUT2D eigenvalue weighted by atomic mass is 10.0. The number of fused-ring (bicyclic) bond motifs is 1. The zero-order valence-electron chi connectivity index (χ0n) is 9.73. The van der Waals surface area contributed by atoms with Crippen LogP contribution in [0.1, 0.15) is 45.3 Å². The van der Waals surface area contributed by atoms with Crippen LogP contribution in [0.15, 0.2) is 18.3 Å². The summed E-state index contributed by atoms with van der Waals surface area (Å²) in [5.41, 5.74) is 2.28. The van der Waals surface area contributed by atoms with Crippen LogP contribution in [0.5, 0.6) is 0 Å². The second-order valence-electron chi connectivity index (χ2n) is 4.49. The first-order valence-electron chi connectivity index (χ1n) is 5.44. The fourth-order valence-corrected chi connectivity index (χ4v) is 1.82. The summed E-state index contributed by atoms with van der Waals surface area (Å²) < 4.78 is 2.16. The predicted octanol–water partition coefficient (Wildman–Crippen LogP) is 3.09. The minimum Gasteiger partial charge on any atom is -0.328 e. The number of nitrogens with zero attached hydrogens (tertiary/aromatic N) is 3. The van der Waals surface area contributed by atoms with Gasteiger partial charge in [0.15, 0.2) is 5.82 Å². The fourth-order valence-electron chi connectivity index (χ4n) is 1.82. The van der Waals surface area contributed by atoms with Gasteiger partial charge in [-0.05, 0) is 31.9 Å². The van der Waals surface area contributed by atoms with Crippen molar-refractivity contribution in [3.63, 3.8) is 0 Å². The molecule has 80 valence electrons. The van der Waals surface area contributed by atoms with Crippen molar-refractivity contribution in [1.82, 2.24) is 14.8 Å². The lowest BCUT2D eigenvalue weighted by Crippen LogP contribution is -2.05. The SMILES string of the molecule is CC(C)c1nnc2n(C(C)C)cccc1-2. The van der Waals surface area contributed by atoms with Crippen molar-refractivity contribution in [3.05, 3.63) is 24.0 Å². The summed E-state index contributed by atoms with van der Waals surface area (Å²) in [5, 5.41) is 8.54. The van der Waals surface area contributed by atoms with Crippen LogP contribution in [0.25, 0.3) is 11.4 Å². The van der Waals surface area contributed by atoms with E-state index in [1.54, 1.807) is 0 Å². The average Bonchev–Trinajstić information content (AvgIpc) is 2.59. The molecule has 2 rings (SSSR count). The van der Waals surface area contributed by atoms with Crippen LogP contribution in [-0.4, -0.2) is 14.8 Å². The summed E-state index contributed by atoms with van der Waals surface area (Å²) in [4.78, 5) is 0. The van der Waals surface area contributed by atoms with Gasteiger partial charge >= 0.3 is 0 Å². The van der Waals surface area contributed by atoms with Gasteiger partial charge in [0.2, 0.25) is 0 Å². The number of hydrogen-bond donors (Lipinski definition) is 0. The van der Waals surface area contributed by atoms with Gasteiger partial charge in [-0.1, -0.05) is 13.8 Å². The summed E-state index contributed by atoms with van der Waals surface area (Å²) >= 11 is 0. The molecule has 0 amide bonds. The molecule has 0 aliphatic carbocycles. The molecule has 15 heavy (non-hydrogen) atoms. The second kappa shape index (κ2) is 3.65. The van der Waals surface area contributed by atoms with Gasteiger partial charge in [-0.2, -0.15) is 5.10 Å². The molecule has 2 heterocycles. The van der Waals surface area contributed by atoms with Gasteiger partial charge in [0, 0.05) is 17.8 Å². The van der Waals surface area contributed by atoms with Gasteiger partial charge in [-0.25, -0.2) is 0 Å². The Morgan fingerprint density at radius 1 is 1.13 bits per heavy atom. The molecule has 0 atom stereocenters. The topological polar surface area (TPSA) is 30.7 Å². The van der Waals surface area contributed by atoms with Crippen molar-refractivity contribution in [2.75, 3.05) is 0 Å². The minimum atomic E-state index is 0.422. The van der Waals surface area contributed by atoms with Gasteiger partial charge in [0.25, 0.3) is 0 Å². The minimum absolute atomic E-state index is 0.422. The highest BCUT2D eigenvalue weighted by Crippen LogP contribution is 2.29. The summed E-state index contributed by atoms with van der Waals surface area (Å²) in [6.45, 7) is 8.61. The van der Waals surface area contributed by atoms with E-state index in [1.807, 2.05) is 0 Å². The molecule has 0 aromatic rings. The van der Waals surface area contributed by atoms with Crippen LogP contribution < -0.4 is 0 Å². The Labute approximate surface area is 90.5 Å². The first kappa shape index (κ1) is 10.1. The fraction of sp³-hybridized carbons (Fsp3) is 0.500. The normalized spacial score (nSPS) is 11.9. The third-order valence-corrected chi connectivity index (χ3v) is 2.63. The largest absolute Gasteiger partial charge is 0.328 e. The molecule has 2 aliphatic heterocycles. The van der Waals surface area contributed by atoms with Crippen LogP contribution in [0, 0.1) is 0 Å². The van der Waals surface area contributed by atoms with E-state index in [4.69, 9.17) is 0 Å². The Balaban J connectivity index is 2.58. The Morgan fingerprint density at radius 3 is 2.47 bits per heavy atom. The van der Waals surface area contributed by atoms with Crippen LogP contribution in [0.4, 0.5) is 0 Å². The van der Waals surface area contributed by atoms with E-state index >= 15 is 0 Å². The molecule has 2 aliphatic rings.